The van der Waals surface area contributed by atoms with Crippen LogP contribution in [0.3, 0.4) is 0 Å². The molecule has 0 unspecified atom stereocenters. The number of fused-ring (bicyclic) bond motifs is 2. The van der Waals surface area contributed by atoms with Gasteiger partial charge in [-0.05, 0) is 57.1 Å². The summed E-state index contributed by atoms with van der Waals surface area (Å²) in [6, 6.07) is 46.9. The molecule has 0 heterocycles. The van der Waals surface area contributed by atoms with Crippen LogP contribution in [0.5, 0.6) is 0 Å². The molecule has 0 bridgehead atoms. The topological polar surface area (TPSA) is 14.1 Å². The van der Waals surface area contributed by atoms with E-state index in [2.05, 4.69) is 133 Å². The number of hydrogen-bond donors (Lipinski definition) is 0. The summed E-state index contributed by atoms with van der Waals surface area (Å²) in [5.41, 5.74) is 6.67. The molecule has 0 saturated carbocycles. The van der Waals surface area contributed by atoms with Gasteiger partial charge >= 0.3 is 0 Å². The molecule has 6 rings (SSSR count). The second kappa shape index (κ2) is 8.29. The van der Waals surface area contributed by atoms with Gasteiger partial charge in [-0.25, -0.2) is 5.32 Å². The van der Waals surface area contributed by atoms with Crippen LogP contribution in [-0.2, 0) is 0 Å². The minimum absolute atomic E-state index is 0.975. The summed E-state index contributed by atoms with van der Waals surface area (Å²) in [4.78, 5) is 0. The molecule has 0 aliphatic heterocycles. The highest BCUT2D eigenvalue weighted by atomic mass is 14.9. The minimum Gasteiger partial charge on any atom is -0.248 e. The standard InChI is InChI=1S/C32H22N/c1-3-11-23(12-4-1)28-18-10-20-31(32(28)24-13-5-2-6-14-24)33-30-19-9-17-27-21-25-15-7-8-16-26(25)22-29(27)30/h1-22H. The van der Waals surface area contributed by atoms with Crippen LogP contribution >= 0.6 is 0 Å². The van der Waals surface area contributed by atoms with Gasteiger partial charge in [0.1, 0.15) is 0 Å². The predicted octanol–water partition coefficient (Wildman–Crippen LogP) is 8.89. The summed E-state index contributed by atoms with van der Waals surface area (Å²) in [6.45, 7) is 0. The van der Waals surface area contributed by atoms with E-state index in [9.17, 15) is 0 Å². The zero-order chi connectivity index (χ0) is 22.0. The Morgan fingerprint density at radius 1 is 0.394 bits per heavy atom. The molecule has 0 aliphatic carbocycles. The maximum absolute atomic E-state index is 5.24. The van der Waals surface area contributed by atoms with Crippen molar-refractivity contribution in [3.63, 3.8) is 0 Å². The first-order chi connectivity index (χ1) is 16.4. The first-order valence-corrected chi connectivity index (χ1v) is 11.2. The third-order valence-electron chi connectivity index (χ3n) is 6.15. The zero-order valence-corrected chi connectivity index (χ0v) is 18.1. The third-order valence-corrected chi connectivity index (χ3v) is 6.15. The van der Waals surface area contributed by atoms with Crippen molar-refractivity contribution in [2.45, 2.75) is 0 Å². The lowest BCUT2D eigenvalue weighted by atomic mass is 9.92. The minimum atomic E-state index is 0.975. The Morgan fingerprint density at radius 3 is 1.73 bits per heavy atom. The van der Waals surface area contributed by atoms with Crippen LogP contribution in [0.4, 0.5) is 11.4 Å². The van der Waals surface area contributed by atoms with E-state index in [1.807, 2.05) is 0 Å². The highest BCUT2D eigenvalue weighted by Crippen LogP contribution is 2.40. The van der Waals surface area contributed by atoms with E-state index in [-0.39, 0.29) is 0 Å². The normalized spacial score (nSPS) is 11.0. The van der Waals surface area contributed by atoms with Crippen molar-refractivity contribution in [2.24, 2.45) is 0 Å². The van der Waals surface area contributed by atoms with E-state index in [1.165, 1.54) is 38.2 Å². The van der Waals surface area contributed by atoms with Gasteiger partial charge in [-0.1, -0.05) is 109 Å². The fourth-order valence-electron chi connectivity index (χ4n) is 4.58. The van der Waals surface area contributed by atoms with Gasteiger partial charge in [0.2, 0.25) is 0 Å². The van der Waals surface area contributed by atoms with Crippen molar-refractivity contribution >= 4 is 32.9 Å². The van der Waals surface area contributed by atoms with Gasteiger partial charge in [-0.2, -0.15) is 0 Å². The summed E-state index contributed by atoms with van der Waals surface area (Å²) < 4.78 is 0. The van der Waals surface area contributed by atoms with Crippen molar-refractivity contribution in [3.05, 3.63) is 133 Å². The Balaban J connectivity index is 1.55. The van der Waals surface area contributed by atoms with Crippen LogP contribution in [-0.4, -0.2) is 0 Å². The second-order valence-electron chi connectivity index (χ2n) is 8.24. The molecule has 0 spiro atoms. The first kappa shape index (κ1) is 19.3. The Labute approximate surface area is 194 Å². The lowest BCUT2D eigenvalue weighted by molar-refractivity contribution is 1.20. The monoisotopic (exact) mass is 420 g/mol. The first-order valence-electron chi connectivity index (χ1n) is 11.2. The smallest absolute Gasteiger partial charge is 0.0721 e. The number of nitrogens with zero attached hydrogens (tertiary/aromatic N) is 1. The maximum atomic E-state index is 5.24. The third kappa shape index (κ3) is 3.64. The Kier molecular flexibility index (Phi) is 4.86. The van der Waals surface area contributed by atoms with Crippen molar-refractivity contribution in [1.82, 2.24) is 5.32 Å². The number of hydrogen-bond acceptors (Lipinski definition) is 0. The van der Waals surface area contributed by atoms with Crippen LogP contribution in [0, 0.1) is 0 Å². The molecule has 0 N–H and O–H groups in total. The van der Waals surface area contributed by atoms with Gasteiger partial charge in [0.25, 0.3) is 0 Å². The quantitative estimate of drug-likeness (QED) is 0.253. The fraction of sp³-hybridized carbons (Fsp3) is 0. The molecule has 0 fully saturated rings. The van der Waals surface area contributed by atoms with Crippen molar-refractivity contribution in [2.75, 3.05) is 0 Å². The van der Waals surface area contributed by atoms with Gasteiger partial charge < -0.3 is 0 Å². The van der Waals surface area contributed by atoms with Crippen LogP contribution in [0.15, 0.2) is 133 Å². The average molecular weight is 421 g/mol. The Morgan fingerprint density at radius 2 is 0.970 bits per heavy atom. The largest absolute Gasteiger partial charge is 0.248 e. The second-order valence-corrected chi connectivity index (χ2v) is 8.24. The molecule has 0 aromatic heterocycles. The molecule has 0 aliphatic rings. The van der Waals surface area contributed by atoms with Crippen LogP contribution < -0.4 is 5.32 Å². The number of rotatable bonds is 4. The summed E-state index contributed by atoms with van der Waals surface area (Å²) in [5, 5.41) is 10.1. The maximum Gasteiger partial charge on any atom is 0.0721 e. The summed E-state index contributed by atoms with van der Waals surface area (Å²) in [6.07, 6.45) is 0. The molecule has 1 radical (unpaired) electrons. The van der Waals surface area contributed by atoms with E-state index in [0.29, 0.717) is 0 Å². The van der Waals surface area contributed by atoms with E-state index >= 15 is 0 Å². The van der Waals surface area contributed by atoms with E-state index in [0.717, 1.165) is 16.9 Å². The molecule has 0 atom stereocenters. The molecule has 155 valence electrons. The molecule has 0 saturated heterocycles. The van der Waals surface area contributed by atoms with Crippen molar-refractivity contribution in [1.29, 1.82) is 0 Å². The Hall–Kier alpha value is -4.36. The van der Waals surface area contributed by atoms with Gasteiger partial charge in [0, 0.05) is 10.9 Å². The molecule has 0 amide bonds. The van der Waals surface area contributed by atoms with E-state index in [1.54, 1.807) is 0 Å². The van der Waals surface area contributed by atoms with Crippen molar-refractivity contribution in [3.8, 4) is 22.3 Å². The highest BCUT2D eigenvalue weighted by Gasteiger charge is 2.15. The molecular formula is C32H22N. The van der Waals surface area contributed by atoms with Gasteiger partial charge in [-0.3, -0.25) is 0 Å². The summed E-state index contributed by atoms with van der Waals surface area (Å²) in [7, 11) is 0. The number of benzene rings is 6. The molecule has 1 nitrogen and oxygen atoms in total. The molecule has 33 heavy (non-hydrogen) atoms. The molecule has 1 heteroatoms. The average Bonchev–Trinajstić information content (AvgIpc) is 2.89. The fourth-order valence-corrected chi connectivity index (χ4v) is 4.58. The predicted molar refractivity (Wildman–Crippen MR) is 140 cm³/mol. The highest BCUT2D eigenvalue weighted by molar-refractivity contribution is 6.03. The van der Waals surface area contributed by atoms with Crippen molar-refractivity contribution < 1.29 is 0 Å². The Bertz CT molecular complexity index is 1570. The van der Waals surface area contributed by atoms with Gasteiger partial charge in [0.15, 0.2) is 0 Å². The van der Waals surface area contributed by atoms with Crippen LogP contribution in [0.1, 0.15) is 0 Å². The summed E-state index contributed by atoms with van der Waals surface area (Å²) >= 11 is 0. The lowest BCUT2D eigenvalue weighted by Gasteiger charge is -2.17. The summed E-state index contributed by atoms with van der Waals surface area (Å²) in [5.74, 6) is 0. The van der Waals surface area contributed by atoms with Crippen LogP contribution in [0.2, 0.25) is 0 Å². The molecular weight excluding hydrogens is 398 g/mol. The molecule has 6 aromatic carbocycles. The SMILES string of the molecule is c1ccc(-c2cccc([N]c3cccc4cc5ccccc5cc34)c2-c2ccccc2)cc1. The van der Waals surface area contributed by atoms with E-state index in [4.69, 9.17) is 5.32 Å². The van der Waals surface area contributed by atoms with E-state index < -0.39 is 0 Å². The zero-order valence-electron chi connectivity index (χ0n) is 18.1. The molecule has 6 aromatic rings. The lowest BCUT2D eigenvalue weighted by Crippen LogP contribution is -1.96. The van der Waals surface area contributed by atoms with Crippen LogP contribution in [0.25, 0.3) is 43.8 Å². The van der Waals surface area contributed by atoms with Gasteiger partial charge in [-0.15, -0.1) is 0 Å². The van der Waals surface area contributed by atoms with Gasteiger partial charge in [0.05, 0.1) is 11.4 Å².